The molecule has 0 saturated heterocycles. The molecule has 0 aliphatic rings. The molecule has 0 saturated carbocycles. The molecule has 0 aliphatic heterocycles. The van der Waals surface area contributed by atoms with Crippen LogP contribution < -0.4 is 5.32 Å². The number of benzene rings is 3. The second-order valence-corrected chi connectivity index (χ2v) is 9.73. The fourth-order valence-corrected chi connectivity index (χ4v) is 5.01. The van der Waals surface area contributed by atoms with E-state index in [4.69, 9.17) is 0 Å². The molecule has 3 aromatic carbocycles. The molecule has 0 amide bonds. The van der Waals surface area contributed by atoms with Crippen LogP contribution in [0.15, 0.2) is 54.6 Å². The van der Waals surface area contributed by atoms with Crippen molar-refractivity contribution in [1.82, 2.24) is 5.32 Å². The quantitative estimate of drug-likeness (QED) is 0.232. The molecule has 4 N–H and O–H groups in total. The zero-order chi connectivity index (χ0) is 26.1. The summed E-state index contributed by atoms with van der Waals surface area (Å²) in [6, 6.07) is 19.1. The molecule has 0 aliphatic carbocycles. The Morgan fingerprint density at radius 2 is 1.31 bits per heavy atom. The van der Waals surface area contributed by atoms with Crippen molar-refractivity contribution in [3.05, 3.63) is 93.5 Å². The first-order valence-electron chi connectivity index (χ1n) is 13.4. The summed E-state index contributed by atoms with van der Waals surface area (Å²) < 4.78 is 0. The van der Waals surface area contributed by atoms with Gasteiger partial charge in [0, 0.05) is 13.1 Å². The maximum atomic E-state index is 11.1. The average Bonchev–Trinajstić information content (AvgIpc) is 2.92. The average molecular weight is 490 g/mol. The van der Waals surface area contributed by atoms with Crippen molar-refractivity contribution in [3.63, 3.8) is 0 Å². The number of aliphatic hydroxyl groups is 3. The number of nitrogens with one attached hydrogen (secondary N) is 1. The van der Waals surface area contributed by atoms with E-state index in [-0.39, 0.29) is 13.2 Å². The van der Waals surface area contributed by atoms with Crippen molar-refractivity contribution in [2.75, 3.05) is 0 Å². The third-order valence-corrected chi connectivity index (χ3v) is 7.45. The highest BCUT2D eigenvalue weighted by Crippen LogP contribution is 2.35. The summed E-state index contributed by atoms with van der Waals surface area (Å²) in [5, 5.41) is 33.6. The molecule has 36 heavy (non-hydrogen) atoms. The summed E-state index contributed by atoms with van der Waals surface area (Å²) in [5.74, 6) is 0. The van der Waals surface area contributed by atoms with Gasteiger partial charge in [-0.15, -0.1) is 0 Å². The molecular weight excluding hydrogens is 446 g/mol. The third kappa shape index (κ3) is 6.43. The van der Waals surface area contributed by atoms with Gasteiger partial charge in [-0.3, -0.25) is 0 Å². The topological polar surface area (TPSA) is 72.7 Å². The lowest BCUT2D eigenvalue weighted by molar-refractivity contribution is 0.0283. The second kappa shape index (κ2) is 13.2. The first kappa shape index (κ1) is 28.1. The number of hydrogen-bond acceptors (Lipinski definition) is 4. The maximum absolute atomic E-state index is 11.1. The number of aliphatic hydroxyl groups excluding tert-OH is 2. The molecule has 0 radical (unpaired) electrons. The molecule has 0 aromatic heterocycles. The van der Waals surface area contributed by atoms with E-state index in [0.717, 1.165) is 48.1 Å². The molecule has 0 bridgehead atoms. The SMILES string of the molecule is CCCc1cc(C(O)(CC)CC)ccc1-c1cc(CNCc2ccc(CO)c(CO)c2)ccc1CC. The summed E-state index contributed by atoms with van der Waals surface area (Å²) in [4.78, 5) is 0. The fraction of sp³-hybridized carbons (Fsp3) is 0.438. The summed E-state index contributed by atoms with van der Waals surface area (Å²) in [6.07, 6.45) is 4.41. The Bertz CT molecular complexity index is 1130. The van der Waals surface area contributed by atoms with Crippen LogP contribution in [0.2, 0.25) is 0 Å². The van der Waals surface area contributed by atoms with Gasteiger partial charge in [-0.25, -0.2) is 0 Å². The molecule has 3 rings (SSSR count). The minimum Gasteiger partial charge on any atom is -0.392 e. The van der Waals surface area contributed by atoms with Crippen LogP contribution in [0, 0.1) is 0 Å². The van der Waals surface area contributed by atoms with E-state index < -0.39 is 5.60 Å². The number of hydrogen-bond donors (Lipinski definition) is 4. The van der Waals surface area contributed by atoms with Crippen LogP contribution in [0.25, 0.3) is 11.1 Å². The highest BCUT2D eigenvalue weighted by Gasteiger charge is 2.25. The lowest BCUT2D eigenvalue weighted by atomic mass is 9.84. The smallest absolute Gasteiger partial charge is 0.0891 e. The van der Waals surface area contributed by atoms with Gasteiger partial charge in [0.05, 0.1) is 18.8 Å². The summed E-state index contributed by atoms with van der Waals surface area (Å²) in [5.41, 5.74) is 9.27. The van der Waals surface area contributed by atoms with E-state index in [1.54, 1.807) is 0 Å². The largest absolute Gasteiger partial charge is 0.392 e. The van der Waals surface area contributed by atoms with E-state index in [1.165, 1.54) is 27.8 Å². The lowest BCUT2D eigenvalue weighted by Crippen LogP contribution is -2.23. The van der Waals surface area contributed by atoms with Crippen molar-refractivity contribution >= 4 is 0 Å². The number of aryl methyl sites for hydroxylation is 2. The van der Waals surface area contributed by atoms with E-state index in [0.29, 0.717) is 19.4 Å². The van der Waals surface area contributed by atoms with Crippen LogP contribution >= 0.6 is 0 Å². The van der Waals surface area contributed by atoms with Gasteiger partial charge < -0.3 is 20.6 Å². The maximum Gasteiger partial charge on any atom is 0.0891 e. The fourth-order valence-electron chi connectivity index (χ4n) is 5.01. The summed E-state index contributed by atoms with van der Waals surface area (Å²) >= 11 is 0. The van der Waals surface area contributed by atoms with Crippen LogP contribution in [0.5, 0.6) is 0 Å². The highest BCUT2D eigenvalue weighted by atomic mass is 16.3. The van der Waals surface area contributed by atoms with E-state index in [9.17, 15) is 15.3 Å². The predicted octanol–water partition coefficient (Wildman–Crippen LogP) is 6.15. The Labute approximate surface area is 217 Å². The van der Waals surface area contributed by atoms with Crippen molar-refractivity contribution in [2.45, 2.75) is 91.7 Å². The molecule has 4 heteroatoms. The van der Waals surface area contributed by atoms with Crippen LogP contribution in [0.3, 0.4) is 0 Å². The van der Waals surface area contributed by atoms with E-state index in [2.05, 4.69) is 55.6 Å². The highest BCUT2D eigenvalue weighted by molar-refractivity contribution is 5.72. The molecule has 0 heterocycles. The van der Waals surface area contributed by atoms with Crippen LogP contribution in [0.1, 0.15) is 85.9 Å². The van der Waals surface area contributed by atoms with E-state index in [1.807, 2.05) is 32.0 Å². The second-order valence-electron chi connectivity index (χ2n) is 9.73. The third-order valence-electron chi connectivity index (χ3n) is 7.45. The van der Waals surface area contributed by atoms with Crippen molar-refractivity contribution in [3.8, 4) is 11.1 Å². The van der Waals surface area contributed by atoms with Gasteiger partial charge in [0.25, 0.3) is 0 Å². The number of rotatable bonds is 13. The van der Waals surface area contributed by atoms with Crippen molar-refractivity contribution in [1.29, 1.82) is 0 Å². The Morgan fingerprint density at radius 3 is 1.89 bits per heavy atom. The van der Waals surface area contributed by atoms with Crippen molar-refractivity contribution in [2.24, 2.45) is 0 Å². The minimum atomic E-state index is -0.772. The van der Waals surface area contributed by atoms with Gasteiger partial charge in [-0.1, -0.05) is 82.6 Å². The zero-order valence-corrected chi connectivity index (χ0v) is 22.4. The first-order valence-corrected chi connectivity index (χ1v) is 13.4. The van der Waals surface area contributed by atoms with Gasteiger partial charge in [0.15, 0.2) is 0 Å². The monoisotopic (exact) mass is 489 g/mol. The normalized spacial score (nSPS) is 11.8. The van der Waals surface area contributed by atoms with Gasteiger partial charge in [-0.05, 0) is 81.8 Å². The molecule has 0 spiro atoms. The Balaban J connectivity index is 1.86. The van der Waals surface area contributed by atoms with E-state index >= 15 is 0 Å². The molecule has 3 aromatic rings. The van der Waals surface area contributed by atoms with Gasteiger partial charge in [0.2, 0.25) is 0 Å². The predicted molar refractivity (Wildman–Crippen MR) is 149 cm³/mol. The minimum absolute atomic E-state index is 0.0622. The Hall–Kier alpha value is -2.50. The molecule has 0 atom stereocenters. The van der Waals surface area contributed by atoms with Crippen LogP contribution in [-0.4, -0.2) is 15.3 Å². The van der Waals surface area contributed by atoms with Crippen LogP contribution in [-0.2, 0) is 44.7 Å². The lowest BCUT2D eigenvalue weighted by Gasteiger charge is -2.27. The van der Waals surface area contributed by atoms with Gasteiger partial charge in [0.1, 0.15) is 0 Å². The molecule has 0 unspecified atom stereocenters. The van der Waals surface area contributed by atoms with Crippen molar-refractivity contribution < 1.29 is 15.3 Å². The Kier molecular flexibility index (Phi) is 10.3. The molecule has 0 fully saturated rings. The molecule has 194 valence electrons. The summed E-state index contributed by atoms with van der Waals surface area (Å²) in [6.45, 7) is 9.80. The standard InChI is InChI=1S/C32H43NO3/c1-5-9-26-18-29(32(36,7-3)8-4)14-15-30(26)31-17-24(10-12-25(31)6-2)20-33-19-23-11-13-27(21-34)28(16-23)22-35/h10-18,33-36H,5-9,19-22H2,1-4H3. The first-order chi connectivity index (χ1) is 17.4. The van der Waals surface area contributed by atoms with Crippen LogP contribution in [0.4, 0.5) is 0 Å². The molecular formula is C32H43NO3. The Morgan fingerprint density at radius 1 is 0.667 bits per heavy atom. The summed E-state index contributed by atoms with van der Waals surface area (Å²) in [7, 11) is 0. The molecule has 4 nitrogen and oxygen atoms in total. The zero-order valence-electron chi connectivity index (χ0n) is 22.4. The van der Waals surface area contributed by atoms with Gasteiger partial charge >= 0.3 is 0 Å². The van der Waals surface area contributed by atoms with Gasteiger partial charge in [-0.2, -0.15) is 0 Å².